The highest BCUT2D eigenvalue weighted by molar-refractivity contribution is 7.71. The van der Waals surface area contributed by atoms with Gasteiger partial charge < -0.3 is 9.79 Å². The third-order valence-electron chi connectivity index (χ3n) is 2.96. The maximum Gasteiger partial charge on any atom is 0.397 e. The molecule has 0 fully saturated rings. The van der Waals surface area contributed by atoms with Crippen LogP contribution < -0.4 is 0 Å². The van der Waals surface area contributed by atoms with E-state index in [0.717, 1.165) is 21.1 Å². The van der Waals surface area contributed by atoms with E-state index in [0.29, 0.717) is 6.42 Å². The van der Waals surface area contributed by atoms with Crippen LogP contribution in [0.25, 0.3) is 10.1 Å². The van der Waals surface area contributed by atoms with E-state index >= 15 is 0 Å². The van der Waals surface area contributed by atoms with E-state index in [1.165, 1.54) is 16.2 Å². The van der Waals surface area contributed by atoms with Gasteiger partial charge in [-0.05, 0) is 29.7 Å². The summed E-state index contributed by atoms with van der Waals surface area (Å²) in [6.07, 6.45) is 0.665. The number of fused-ring (bicyclic) bond motifs is 1. The Hall–Kier alpha value is -1.30. The normalized spacial score (nSPS) is 11.9. The smallest absolute Gasteiger partial charge is 0.319 e. The van der Waals surface area contributed by atoms with Gasteiger partial charge in [-0.15, -0.1) is 22.7 Å². The molecular weight excluding hydrogens is 327 g/mol. The molecule has 108 valence electrons. The Kier molecular flexibility index (Phi) is 3.82. The lowest BCUT2D eigenvalue weighted by Crippen LogP contribution is -1.95. The second-order valence-corrected chi connectivity index (χ2v) is 8.37. The molecule has 21 heavy (non-hydrogen) atoms. The van der Waals surface area contributed by atoms with Gasteiger partial charge in [0.1, 0.15) is 0 Å². The predicted octanol–water partition coefficient (Wildman–Crippen LogP) is 3.87. The molecule has 3 aromatic rings. The highest BCUT2D eigenvalue weighted by Crippen LogP contribution is 2.41. The van der Waals surface area contributed by atoms with Crippen LogP contribution in [0.3, 0.4) is 0 Å². The first kappa shape index (κ1) is 14.6. The van der Waals surface area contributed by atoms with Gasteiger partial charge in [0.25, 0.3) is 5.52 Å². The van der Waals surface area contributed by atoms with E-state index in [1.807, 2.05) is 18.2 Å². The molecule has 0 saturated carbocycles. The van der Waals surface area contributed by atoms with Crippen molar-refractivity contribution in [1.29, 1.82) is 0 Å². The van der Waals surface area contributed by atoms with E-state index in [9.17, 15) is 9.36 Å². The molecule has 3 rings (SSSR count). The van der Waals surface area contributed by atoms with Crippen molar-refractivity contribution in [2.24, 2.45) is 0 Å². The number of carbonyl (C=O) groups is 1. The molecular formula is C14H11O4PS2. The fraction of sp³-hybridized carbons (Fsp3) is 0.0714. The molecule has 0 unspecified atom stereocenters. The van der Waals surface area contributed by atoms with Crippen molar-refractivity contribution in [3.8, 4) is 0 Å². The Balaban J connectivity index is 1.84. The van der Waals surface area contributed by atoms with Crippen LogP contribution in [-0.4, -0.2) is 15.3 Å². The van der Waals surface area contributed by atoms with Crippen LogP contribution >= 0.6 is 30.3 Å². The summed E-state index contributed by atoms with van der Waals surface area (Å²) in [6, 6.07) is 13.4. The monoisotopic (exact) mass is 338 g/mol. The van der Waals surface area contributed by atoms with Crippen LogP contribution in [0.4, 0.5) is 0 Å². The van der Waals surface area contributed by atoms with E-state index in [2.05, 4.69) is 12.1 Å². The number of carbonyl (C=O) groups excluding carboxylic acids is 1. The second-order valence-electron chi connectivity index (χ2n) is 4.54. The lowest BCUT2D eigenvalue weighted by molar-refractivity contribution is 0.104. The molecule has 2 N–H and O–H groups in total. The molecule has 0 aliphatic rings. The van der Waals surface area contributed by atoms with E-state index in [1.54, 1.807) is 17.4 Å². The average Bonchev–Trinajstić information content (AvgIpc) is 3.03. The molecule has 0 atom stereocenters. The van der Waals surface area contributed by atoms with Crippen molar-refractivity contribution < 1.29 is 19.1 Å². The maximum absolute atomic E-state index is 11.5. The zero-order chi connectivity index (χ0) is 15.0. The van der Waals surface area contributed by atoms with Crippen molar-refractivity contribution in [2.75, 3.05) is 0 Å². The molecule has 0 spiro atoms. The summed E-state index contributed by atoms with van der Waals surface area (Å²) in [7, 11) is -4.70. The lowest BCUT2D eigenvalue weighted by atomic mass is 10.2. The fourth-order valence-corrected chi connectivity index (χ4v) is 4.93. The minimum atomic E-state index is -4.70. The SMILES string of the molecule is O=C(c1ccc(Cc2cc3ccccc3s2)s1)P(=O)(O)O. The van der Waals surface area contributed by atoms with Crippen molar-refractivity contribution in [3.63, 3.8) is 0 Å². The van der Waals surface area contributed by atoms with Gasteiger partial charge in [0.15, 0.2) is 0 Å². The minimum Gasteiger partial charge on any atom is -0.319 e. The second kappa shape index (κ2) is 5.48. The summed E-state index contributed by atoms with van der Waals surface area (Å²) in [6.45, 7) is 0. The summed E-state index contributed by atoms with van der Waals surface area (Å²) >= 11 is 2.82. The number of benzene rings is 1. The van der Waals surface area contributed by atoms with Crippen molar-refractivity contribution in [3.05, 3.63) is 57.1 Å². The molecule has 1 aromatic carbocycles. The zero-order valence-corrected chi connectivity index (χ0v) is 13.3. The third-order valence-corrected chi connectivity index (χ3v) is 6.08. The van der Waals surface area contributed by atoms with Crippen LogP contribution in [0.2, 0.25) is 0 Å². The third kappa shape index (κ3) is 3.15. The van der Waals surface area contributed by atoms with Gasteiger partial charge >= 0.3 is 7.60 Å². The van der Waals surface area contributed by atoms with Crippen molar-refractivity contribution in [1.82, 2.24) is 0 Å². The number of rotatable bonds is 4. The summed E-state index contributed by atoms with van der Waals surface area (Å²) in [5.74, 6) is 0. The molecule has 0 saturated heterocycles. The van der Waals surface area contributed by atoms with E-state index in [4.69, 9.17) is 9.79 Å². The van der Waals surface area contributed by atoms with Crippen LogP contribution in [0.15, 0.2) is 42.5 Å². The Labute approximate surface area is 128 Å². The predicted molar refractivity (Wildman–Crippen MR) is 85.3 cm³/mol. The molecule has 2 aromatic heterocycles. The Morgan fingerprint density at radius 1 is 1.05 bits per heavy atom. The average molecular weight is 338 g/mol. The van der Waals surface area contributed by atoms with E-state index in [-0.39, 0.29) is 4.88 Å². The Morgan fingerprint density at radius 3 is 2.52 bits per heavy atom. The molecule has 4 nitrogen and oxygen atoms in total. The molecule has 0 aliphatic heterocycles. The maximum atomic E-state index is 11.5. The van der Waals surface area contributed by atoms with Crippen LogP contribution in [0.1, 0.15) is 19.4 Å². The number of hydrogen-bond donors (Lipinski definition) is 2. The molecule has 7 heteroatoms. The largest absolute Gasteiger partial charge is 0.397 e. The summed E-state index contributed by atoms with van der Waals surface area (Å²) < 4.78 is 12.2. The van der Waals surface area contributed by atoms with Gasteiger partial charge in [0.2, 0.25) is 0 Å². The first-order valence-electron chi connectivity index (χ1n) is 6.10. The highest BCUT2D eigenvalue weighted by Gasteiger charge is 2.28. The fourth-order valence-electron chi connectivity index (χ4n) is 2.03. The Bertz CT molecular complexity index is 826. The van der Waals surface area contributed by atoms with Crippen molar-refractivity contribution in [2.45, 2.75) is 6.42 Å². The van der Waals surface area contributed by atoms with Gasteiger partial charge in [-0.1, -0.05) is 18.2 Å². The molecule has 0 bridgehead atoms. The highest BCUT2D eigenvalue weighted by atomic mass is 32.1. The van der Waals surface area contributed by atoms with Gasteiger partial charge in [0.05, 0.1) is 4.88 Å². The van der Waals surface area contributed by atoms with Gasteiger partial charge in [0, 0.05) is 20.9 Å². The van der Waals surface area contributed by atoms with Crippen molar-refractivity contribution >= 4 is 45.9 Å². The number of hydrogen-bond acceptors (Lipinski definition) is 4. The first-order chi connectivity index (χ1) is 9.93. The van der Waals surface area contributed by atoms with Gasteiger partial charge in [-0.2, -0.15) is 0 Å². The number of thiophene rings is 2. The summed E-state index contributed by atoms with van der Waals surface area (Å²) in [5, 5.41) is 1.18. The van der Waals surface area contributed by atoms with Gasteiger partial charge in [-0.3, -0.25) is 9.36 Å². The first-order valence-corrected chi connectivity index (χ1v) is 9.34. The molecule has 0 amide bonds. The van der Waals surface area contributed by atoms with Crippen LogP contribution in [0.5, 0.6) is 0 Å². The standard InChI is InChI=1S/C14H11O4PS2/c15-14(19(16,17)18)13-6-5-10(20-13)8-11-7-9-3-1-2-4-12(9)21-11/h1-7H,8H2,(H2,16,17,18). The summed E-state index contributed by atoms with van der Waals surface area (Å²) in [5.41, 5.74) is -1.10. The quantitative estimate of drug-likeness (QED) is 0.708. The lowest BCUT2D eigenvalue weighted by Gasteiger charge is -1.98. The van der Waals surface area contributed by atoms with Crippen LogP contribution in [0, 0.1) is 0 Å². The van der Waals surface area contributed by atoms with Crippen LogP contribution in [-0.2, 0) is 11.0 Å². The molecule has 2 heterocycles. The Morgan fingerprint density at radius 2 is 1.81 bits per heavy atom. The van der Waals surface area contributed by atoms with E-state index < -0.39 is 13.1 Å². The zero-order valence-electron chi connectivity index (χ0n) is 10.7. The van der Waals surface area contributed by atoms with Gasteiger partial charge in [-0.25, -0.2) is 0 Å². The summed E-state index contributed by atoms with van der Waals surface area (Å²) in [4.78, 5) is 31.5. The minimum absolute atomic E-state index is 0.111. The molecule has 0 radical (unpaired) electrons. The molecule has 0 aliphatic carbocycles. The topological polar surface area (TPSA) is 74.6 Å².